The van der Waals surface area contributed by atoms with Gasteiger partial charge in [0.05, 0.1) is 7.11 Å². The van der Waals surface area contributed by atoms with Crippen LogP contribution in [0.4, 0.5) is 5.69 Å². The minimum absolute atomic E-state index is 0.696. The first-order valence-corrected chi connectivity index (χ1v) is 7.86. The number of anilines is 1. The maximum Gasteiger partial charge on any atom is 0.120 e. The fraction of sp³-hybridized carbons (Fsp3) is 0.647. The van der Waals surface area contributed by atoms with Crippen molar-refractivity contribution in [1.82, 2.24) is 4.90 Å². The number of hydrogen-bond acceptors (Lipinski definition) is 3. The van der Waals surface area contributed by atoms with Gasteiger partial charge in [-0.05, 0) is 55.8 Å². The molecule has 110 valence electrons. The van der Waals surface area contributed by atoms with Crippen molar-refractivity contribution in [3.63, 3.8) is 0 Å². The summed E-state index contributed by atoms with van der Waals surface area (Å²) in [5.41, 5.74) is 8.90. The lowest BCUT2D eigenvalue weighted by Gasteiger charge is -2.39. The Labute approximate surface area is 122 Å². The molecule has 1 saturated heterocycles. The van der Waals surface area contributed by atoms with Crippen LogP contribution in [0.5, 0.6) is 5.75 Å². The molecule has 3 rings (SSSR count). The lowest BCUT2D eigenvalue weighted by molar-refractivity contribution is 0.104. The molecule has 1 spiro atoms. The highest BCUT2D eigenvalue weighted by Crippen LogP contribution is 2.46. The van der Waals surface area contributed by atoms with Gasteiger partial charge in [-0.3, -0.25) is 4.90 Å². The van der Waals surface area contributed by atoms with Gasteiger partial charge < -0.3 is 10.5 Å². The van der Waals surface area contributed by atoms with E-state index in [1.165, 1.54) is 57.2 Å². The minimum atomic E-state index is 0.696. The van der Waals surface area contributed by atoms with Gasteiger partial charge in [0.1, 0.15) is 5.75 Å². The number of methoxy groups -OCH3 is 1. The van der Waals surface area contributed by atoms with Gasteiger partial charge in [-0.25, -0.2) is 0 Å². The summed E-state index contributed by atoms with van der Waals surface area (Å²) in [6, 6.07) is 6.04. The molecule has 1 aromatic rings. The molecule has 1 aliphatic carbocycles. The molecule has 0 amide bonds. The number of nitrogens with zero attached hydrogens (tertiary/aromatic N) is 1. The third kappa shape index (κ3) is 2.78. The number of benzene rings is 1. The summed E-state index contributed by atoms with van der Waals surface area (Å²) in [5.74, 6) is 0.842. The molecule has 0 radical (unpaired) electrons. The van der Waals surface area contributed by atoms with Gasteiger partial charge in [0.25, 0.3) is 0 Å². The number of hydrogen-bond donors (Lipinski definition) is 1. The number of piperidine rings is 1. The zero-order valence-corrected chi connectivity index (χ0v) is 12.5. The van der Waals surface area contributed by atoms with Crippen molar-refractivity contribution < 1.29 is 4.74 Å². The molecular weight excluding hydrogens is 248 g/mol. The predicted molar refractivity (Wildman–Crippen MR) is 82.8 cm³/mol. The molecule has 1 aliphatic heterocycles. The van der Waals surface area contributed by atoms with Crippen LogP contribution >= 0.6 is 0 Å². The molecule has 2 N–H and O–H groups in total. The molecule has 3 nitrogen and oxygen atoms in total. The van der Waals surface area contributed by atoms with Crippen LogP contribution < -0.4 is 10.5 Å². The Morgan fingerprint density at radius 3 is 2.45 bits per heavy atom. The van der Waals surface area contributed by atoms with Crippen LogP contribution in [0.2, 0.25) is 0 Å². The Bertz CT molecular complexity index is 456. The quantitative estimate of drug-likeness (QED) is 0.858. The predicted octanol–water partition coefficient (Wildman–Crippen LogP) is 3.43. The number of nitrogen functional groups attached to an aromatic ring is 1. The molecule has 0 unspecified atom stereocenters. The van der Waals surface area contributed by atoms with Crippen molar-refractivity contribution in [1.29, 1.82) is 0 Å². The summed E-state index contributed by atoms with van der Waals surface area (Å²) in [6.07, 6.45) is 8.58. The Kier molecular flexibility index (Phi) is 3.88. The van der Waals surface area contributed by atoms with Gasteiger partial charge >= 0.3 is 0 Å². The molecule has 3 heteroatoms. The molecule has 20 heavy (non-hydrogen) atoms. The second kappa shape index (κ2) is 5.65. The molecule has 1 saturated carbocycles. The van der Waals surface area contributed by atoms with Gasteiger partial charge in [-0.15, -0.1) is 0 Å². The highest BCUT2D eigenvalue weighted by Gasteiger charge is 2.36. The largest absolute Gasteiger partial charge is 0.497 e. The highest BCUT2D eigenvalue weighted by molar-refractivity contribution is 5.51. The SMILES string of the molecule is COc1ccc(CN2CCC3(CCCC3)CC2)c(N)c1. The standard InChI is InChI=1S/C17H26N2O/c1-20-15-5-4-14(16(18)12-15)13-19-10-8-17(9-11-19)6-2-3-7-17/h4-5,12H,2-3,6-11,13,18H2,1H3. The summed E-state index contributed by atoms with van der Waals surface area (Å²) in [4.78, 5) is 2.56. The first-order chi connectivity index (χ1) is 9.71. The van der Waals surface area contributed by atoms with Crippen LogP contribution in [0, 0.1) is 5.41 Å². The number of ether oxygens (including phenoxy) is 1. The number of rotatable bonds is 3. The third-order valence-corrected chi connectivity index (χ3v) is 5.33. The van der Waals surface area contributed by atoms with Crippen LogP contribution in [0.15, 0.2) is 18.2 Å². The molecule has 1 heterocycles. The molecule has 2 aliphatic rings. The summed E-state index contributed by atoms with van der Waals surface area (Å²) in [5, 5.41) is 0. The first-order valence-electron chi connectivity index (χ1n) is 7.86. The van der Waals surface area contributed by atoms with Crippen molar-refractivity contribution in [2.75, 3.05) is 25.9 Å². The number of nitrogens with two attached hydrogens (primary N) is 1. The fourth-order valence-electron chi connectivity index (χ4n) is 3.90. The van der Waals surface area contributed by atoms with E-state index in [1.54, 1.807) is 7.11 Å². The van der Waals surface area contributed by atoms with Crippen LogP contribution in [-0.4, -0.2) is 25.1 Å². The van der Waals surface area contributed by atoms with E-state index in [2.05, 4.69) is 11.0 Å². The van der Waals surface area contributed by atoms with E-state index >= 15 is 0 Å². The van der Waals surface area contributed by atoms with Gasteiger partial charge in [-0.1, -0.05) is 18.9 Å². The van der Waals surface area contributed by atoms with E-state index in [1.807, 2.05) is 12.1 Å². The van der Waals surface area contributed by atoms with Crippen molar-refractivity contribution in [2.45, 2.75) is 45.1 Å². The van der Waals surface area contributed by atoms with E-state index in [9.17, 15) is 0 Å². The first kappa shape index (κ1) is 13.7. The summed E-state index contributed by atoms with van der Waals surface area (Å²) in [7, 11) is 1.68. The van der Waals surface area contributed by atoms with Crippen molar-refractivity contribution in [3.05, 3.63) is 23.8 Å². The average Bonchev–Trinajstić information content (AvgIpc) is 2.92. The molecule has 0 bridgehead atoms. The Balaban J connectivity index is 1.59. The van der Waals surface area contributed by atoms with E-state index in [0.29, 0.717) is 5.41 Å². The third-order valence-electron chi connectivity index (χ3n) is 5.33. The molecule has 2 fully saturated rings. The number of likely N-dealkylation sites (tertiary alicyclic amines) is 1. The van der Waals surface area contributed by atoms with Crippen LogP contribution in [0.25, 0.3) is 0 Å². The van der Waals surface area contributed by atoms with E-state index in [4.69, 9.17) is 10.5 Å². The van der Waals surface area contributed by atoms with E-state index < -0.39 is 0 Å². The van der Waals surface area contributed by atoms with Crippen molar-refractivity contribution in [2.24, 2.45) is 5.41 Å². The second-order valence-corrected chi connectivity index (χ2v) is 6.55. The van der Waals surface area contributed by atoms with E-state index in [-0.39, 0.29) is 0 Å². The summed E-state index contributed by atoms with van der Waals surface area (Å²) >= 11 is 0. The molecular formula is C17H26N2O. The molecule has 0 aromatic heterocycles. The fourth-order valence-corrected chi connectivity index (χ4v) is 3.90. The van der Waals surface area contributed by atoms with Crippen LogP contribution in [0.1, 0.15) is 44.1 Å². The topological polar surface area (TPSA) is 38.5 Å². The zero-order valence-electron chi connectivity index (χ0n) is 12.5. The normalized spacial score (nSPS) is 22.2. The van der Waals surface area contributed by atoms with Gasteiger partial charge in [0, 0.05) is 18.3 Å². The minimum Gasteiger partial charge on any atom is -0.497 e. The van der Waals surface area contributed by atoms with E-state index in [0.717, 1.165) is 18.0 Å². The maximum atomic E-state index is 6.12. The molecule has 1 aromatic carbocycles. The van der Waals surface area contributed by atoms with Crippen molar-refractivity contribution in [3.8, 4) is 5.75 Å². The second-order valence-electron chi connectivity index (χ2n) is 6.55. The summed E-state index contributed by atoms with van der Waals surface area (Å²) < 4.78 is 5.21. The zero-order chi connectivity index (χ0) is 14.0. The lowest BCUT2D eigenvalue weighted by atomic mass is 9.77. The maximum absolute atomic E-state index is 6.12. The van der Waals surface area contributed by atoms with Crippen LogP contribution in [-0.2, 0) is 6.54 Å². The Morgan fingerprint density at radius 2 is 1.85 bits per heavy atom. The van der Waals surface area contributed by atoms with Crippen molar-refractivity contribution >= 4 is 5.69 Å². The molecule has 0 atom stereocenters. The average molecular weight is 274 g/mol. The van der Waals surface area contributed by atoms with Gasteiger partial charge in [0.15, 0.2) is 0 Å². The monoisotopic (exact) mass is 274 g/mol. The Hall–Kier alpha value is -1.22. The van der Waals surface area contributed by atoms with Gasteiger partial charge in [-0.2, -0.15) is 0 Å². The summed E-state index contributed by atoms with van der Waals surface area (Å²) in [6.45, 7) is 3.43. The lowest BCUT2D eigenvalue weighted by Crippen LogP contribution is -2.38. The smallest absolute Gasteiger partial charge is 0.120 e. The van der Waals surface area contributed by atoms with Crippen LogP contribution in [0.3, 0.4) is 0 Å². The van der Waals surface area contributed by atoms with Gasteiger partial charge in [0.2, 0.25) is 0 Å². The highest BCUT2D eigenvalue weighted by atomic mass is 16.5. The Morgan fingerprint density at radius 1 is 1.15 bits per heavy atom.